The van der Waals surface area contributed by atoms with E-state index < -0.39 is 0 Å². The Labute approximate surface area is 131 Å². The lowest BCUT2D eigenvalue weighted by atomic mass is 10.0. The van der Waals surface area contributed by atoms with Crippen molar-refractivity contribution in [2.45, 2.75) is 31.8 Å². The molecular formula is C17H22ClN3. The summed E-state index contributed by atoms with van der Waals surface area (Å²) >= 11 is 6.24. The number of pyridine rings is 1. The molecule has 0 radical (unpaired) electrons. The molecule has 2 aromatic rings. The van der Waals surface area contributed by atoms with E-state index in [-0.39, 0.29) is 0 Å². The first-order valence-electron chi connectivity index (χ1n) is 7.69. The minimum Gasteiger partial charge on any atom is -0.311 e. The van der Waals surface area contributed by atoms with E-state index in [1.807, 2.05) is 24.4 Å². The van der Waals surface area contributed by atoms with Gasteiger partial charge in [-0.1, -0.05) is 24.1 Å². The van der Waals surface area contributed by atoms with Gasteiger partial charge in [0, 0.05) is 35.7 Å². The molecule has 1 aliphatic rings. The minimum absolute atomic E-state index is 0.658. The summed E-state index contributed by atoms with van der Waals surface area (Å²) in [5.41, 5.74) is 2.22. The van der Waals surface area contributed by atoms with Crippen LogP contribution < -0.4 is 5.32 Å². The summed E-state index contributed by atoms with van der Waals surface area (Å²) in [5, 5.41) is 5.40. The van der Waals surface area contributed by atoms with Gasteiger partial charge in [-0.2, -0.15) is 0 Å². The summed E-state index contributed by atoms with van der Waals surface area (Å²) in [4.78, 5) is 6.95. The zero-order valence-corrected chi connectivity index (χ0v) is 13.2. The van der Waals surface area contributed by atoms with Gasteiger partial charge in [0.2, 0.25) is 0 Å². The number of likely N-dealkylation sites (N-methyl/N-ethyl adjacent to an activating group) is 1. The van der Waals surface area contributed by atoms with E-state index in [0.717, 1.165) is 29.0 Å². The number of halogens is 1. The van der Waals surface area contributed by atoms with E-state index in [1.165, 1.54) is 31.4 Å². The average molecular weight is 304 g/mol. The number of rotatable bonds is 4. The van der Waals surface area contributed by atoms with Gasteiger partial charge in [-0.25, -0.2) is 0 Å². The Morgan fingerprint density at radius 3 is 3.10 bits per heavy atom. The summed E-state index contributed by atoms with van der Waals surface area (Å²) in [6.07, 6.45) is 5.81. The van der Waals surface area contributed by atoms with Crippen LogP contribution in [-0.4, -0.2) is 36.1 Å². The molecule has 1 fully saturated rings. The predicted molar refractivity (Wildman–Crippen MR) is 88.7 cm³/mol. The maximum Gasteiger partial charge on any atom is 0.0761 e. The zero-order valence-electron chi connectivity index (χ0n) is 12.5. The Bertz CT molecular complexity index is 614. The van der Waals surface area contributed by atoms with Crippen molar-refractivity contribution in [1.82, 2.24) is 15.2 Å². The number of benzene rings is 1. The van der Waals surface area contributed by atoms with Crippen LogP contribution in [0.25, 0.3) is 10.9 Å². The van der Waals surface area contributed by atoms with Crippen molar-refractivity contribution in [2.75, 3.05) is 20.1 Å². The third-order valence-electron chi connectivity index (χ3n) is 4.42. The monoisotopic (exact) mass is 303 g/mol. The van der Waals surface area contributed by atoms with Gasteiger partial charge >= 0.3 is 0 Å². The Morgan fingerprint density at radius 2 is 2.24 bits per heavy atom. The fraction of sp³-hybridized carbons (Fsp3) is 0.471. The Morgan fingerprint density at radius 1 is 1.33 bits per heavy atom. The topological polar surface area (TPSA) is 28.2 Å². The van der Waals surface area contributed by atoms with Crippen molar-refractivity contribution in [3.05, 3.63) is 41.0 Å². The number of likely N-dealkylation sites (tertiary alicyclic amines) is 1. The van der Waals surface area contributed by atoms with E-state index >= 15 is 0 Å². The van der Waals surface area contributed by atoms with Crippen molar-refractivity contribution < 1.29 is 0 Å². The van der Waals surface area contributed by atoms with Crippen molar-refractivity contribution in [1.29, 1.82) is 0 Å². The second-order valence-electron chi connectivity index (χ2n) is 5.87. The molecule has 1 saturated heterocycles. The molecule has 1 atom stereocenters. The van der Waals surface area contributed by atoms with Gasteiger partial charge in [0.1, 0.15) is 0 Å². The molecule has 112 valence electrons. The highest BCUT2D eigenvalue weighted by Gasteiger charge is 2.18. The first-order valence-corrected chi connectivity index (χ1v) is 8.06. The molecule has 4 heteroatoms. The summed E-state index contributed by atoms with van der Waals surface area (Å²) < 4.78 is 0. The molecular weight excluding hydrogens is 282 g/mol. The highest BCUT2D eigenvalue weighted by Crippen LogP contribution is 2.24. The fourth-order valence-electron chi connectivity index (χ4n) is 3.11. The molecule has 0 amide bonds. The van der Waals surface area contributed by atoms with E-state index in [4.69, 9.17) is 11.6 Å². The van der Waals surface area contributed by atoms with Crippen LogP contribution in [0.4, 0.5) is 0 Å². The summed E-state index contributed by atoms with van der Waals surface area (Å²) in [6, 6.07) is 8.67. The van der Waals surface area contributed by atoms with Gasteiger partial charge in [-0.15, -0.1) is 0 Å². The Hall–Kier alpha value is -1.16. The summed E-state index contributed by atoms with van der Waals surface area (Å²) in [5.74, 6) is 0. The van der Waals surface area contributed by atoms with Gasteiger partial charge in [0.25, 0.3) is 0 Å². The first kappa shape index (κ1) is 14.8. The van der Waals surface area contributed by atoms with Crippen LogP contribution >= 0.6 is 11.6 Å². The third-order valence-corrected chi connectivity index (χ3v) is 4.75. The molecule has 21 heavy (non-hydrogen) atoms. The number of nitrogens with zero attached hydrogens (tertiary/aromatic N) is 2. The molecule has 1 aliphatic heterocycles. The van der Waals surface area contributed by atoms with Gasteiger partial charge < -0.3 is 10.2 Å². The maximum absolute atomic E-state index is 6.24. The smallest absolute Gasteiger partial charge is 0.0761 e. The molecule has 1 aromatic carbocycles. The SMILES string of the molecule is CN1CCCCC1CNCc1ccc(Cl)c2cccnc12. The molecule has 1 unspecified atom stereocenters. The molecule has 3 rings (SSSR count). The standard InChI is InChI=1S/C17H22ClN3/c1-21-10-3-2-5-14(21)12-19-11-13-7-8-16(18)15-6-4-9-20-17(13)15/h4,6-9,14,19H,2-3,5,10-12H2,1H3. The quantitative estimate of drug-likeness (QED) is 0.937. The maximum atomic E-state index is 6.24. The van der Waals surface area contributed by atoms with Crippen molar-refractivity contribution >= 4 is 22.5 Å². The molecule has 0 bridgehead atoms. The van der Waals surface area contributed by atoms with Crippen molar-refractivity contribution in [3.63, 3.8) is 0 Å². The number of fused-ring (bicyclic) bond motifs is 1. The normalized spacial score (nSPS) is 20.0. The molecule has 1 N–H and O–H groups in total. The van der Waals surface area contributed by atoms with Crippen molar-refractivity contribution in [2.24, 2.45) is 0 Å². The lowest BCUT2D eigenvalue weighted by Gasteiger charge is -2.32. The number of aromatic nitrogens is 1. The minimum atomic E-state index is 0.658. The van der Waals surface area contributed by atoms with Gasteiger partial charge in [-0.3, -0.25) is 4.98 Å². The third kappa shape index (κ3) is 3.37. The van der Waals surface area contributed by atoms with Crippen LogP contribution in [0.3, 0.4) is 0 Å². The number of nitrogens with one attached hydrogen (secondary N) is 1. The second-order valence-corrected chi connectivity index (χ2v) is 6.27. The first-order chi connectivity index (χ1) is 10.3. The van der Waals surface area contributed by atoms with Crippen LogP contribution in [0.1, 0.15) is 24.8 Å². The average Bonchev–Trinajstić information content (AvgIpc) is 2.52. The van der Waals surface area contributed by atoms with Crippen LogP contribution in [0.5, 0.6) is 0 Å². The second kappa shape index (κ2) is 6.73. The lowest BCUT2D eigenvalue weighted by Crippen LogP contribution is -2.42. The molecule has 0 aliphatic carbocycles. The Kier molecular flexibility index (Phi) is 4.73. The molecule has 0 spiro atoms. The highest BCUT2D eigenvalue weighted by molar-refractivity contribution is 6.35. The van der Waals surface area contributed by atoms with Gasteiger partial charge in [-0.05, 0) is 50.2 Å². The fourth-order valence-corrected chi connectivity index (χ4v) is 3.33. The summed E-state index contributed by atoms with van der Waals surface area (Å²) in [6.45, 7) is 3.10. The number of hydrogen-bond donors (Lipinski definition) is 1. The van der Waals surface area contributed by atoms with E-state index in [9.17, 15) is 0 Å². The highest BCUT2D eigenvalue weighted by atomic mass is 35.5. The number of piperidine rings is 1. The van der Waals surface area contributed by atoms with Crippen LogP contribution in [-0.2, 0) is 6.54 Å². The van der Waals surface area contributed by atoms with E-state index in [2.05, 4.69) is 28.3 Å². The van der Waals surface area contributed by atoms with Gasteiger partial charge in [0.05, 0.1) is 5.52 Å². The molecule has 2 heterocycles. The molecule has 3 nitrogen and oxygen atoms in total. The zero-order chi connectivity index (χ0) is 14.7. The van der Waals surface area contributed by atoms with Crippen LogP contribution in [0, 0.1) is 0 Å². The summed E-state index contributed by atoms with van der Waals surface area (Å²) in [7, 11) is 2.23. The largest absolute Gasteiger partial charge is 0.311 e. The molecule has 1 aromatic heterocycles. The molecule has 0 saturated carbocycles. The lowest BCUT2D eigenvalue weighted by molar-refractivity contribution is 0.181. The number of hydrogen-bond acceptors (Lipinski definition) is 3. The van der Waals surface area contributed by atoms with Gasteiger partial charge in [0.15, 0.2) is 0 Å². The van der Waals surface area contributed by atoms with Crippen molar-refractivity contribution in [3.8, 4) is 0 Å². The Balaban J connectivity index is 1.67. The van der Waals surface area contributed by atoms with Crippen LogP contribution in [0.15, 0.2) is 30.5 Å². The van der Waals surface area contributed by atoms with E-state index in [0.29, 0.717) is 6.04 Å². The van der Waals surface area contributed by atoms with Crippen LogP contribution in [0.2, 0.25) is 5.02 Å². The predicted octanol–water partition coefficient (Wildman–Crippen LogP) is 3.46. The van der Waals surface area contributed by atoms with E-state index in [1.54, 1.807) is 0 Å².